The Balaban J connectivity index is 2.99. The summed E-state index contributed by atoms with van der Waals surface area (Å²) < 4.78 is 3.55. The molecular weight excluding hydrogens is 234 g/mol. The van der Waals surface area contributed by atoms with Crippen molar-refractivity contribution < 1.29 is 4.79 Å². The van der Waals surface area contributed by atoms with Crippen LogP contribution in [0.3, 0.4) is 0 Å². The van der Waals surface area contributed by atoms with Crippen molar-refractivity contribution in [1.82, 2.24) is 4.98 Å². The minimum atomic E-state index is -0.934. The van der Waals surface area contributed by atoms with Crippen LogP contribution in [-0.2, 0) is 15.5 Å². The maximum atomic E-state index is 10.7. The lowest BCUT2D eigenvalue weighted by atomic mass is 10.2. The molecule has 0 saturated carbocycles. The van der Waals surface area contributed by atoms with Crippen molar-refractivity contribution in [2.24, 2.45) is 4.36 Å². The fraction of sp³-hybridized carbons (Fsp3) is 0.222. The number of nitrogens with zero attached hydrogens (tertiary/aromatic N) is 3. The average Bonchev–Trinajstić information content (AvgIpc) is 2.26. The number of nitriles is 1. The van der Waals surface area contributed by atoms with Crippen LogP contribution in [0.15, 0.2) is 22.7 Å². The quantitative estimate of drug-likeness (QED) is 0.463. The largest absolute Gasteiger partial charge is 0.290 e. The van der Waals surface area contributed by atoms with Gasteiger partial charge in [-0.05, 0) is 29.2 Å². The van der Waals surface area contributed by atoms with E-state index in [9.17, 15) is 4.79 Å². The summed E-state index contributed by atoms with van der Waals surface area (Å²) in [7, 11) is -0.934. The minimum absolute atomic E-state index is 0.146. The first kappa shape index (κ1) is 11.8. The van der Waals surface area contributed by atoms with Crippen molar-refractivity contribution in [2.75, 3.05) is 0 Å². The lowest BCUT2D eigenvalue weighted by Gasteiger charge is -2.09. The molecule has 1 unspecified atom stereocenters. The van der Waals surface area contributed by atoms with Crippen LogP contribution in [0.2, 0.25) is 5.15 Å². The number of carbonyl (C=O) groups is 1. The Bertz CT molecular complexity index is 424. The maximum absolute atomic E-state index is 10.7. The van der Waals surface area contributed by atoms with E-state index in [1.807, 2.05) is 6.92 Å². The standard InChI is InChI=1S/C9H8ClN3OS/c1-7(15(6-14)13-5-11)8-2-3-9(10)12-4-8/h2-4,6-7H,1H3/t7-,15?/m0/s1. The number of halogens is 1. The second-order valence-corrected chi connectivity index (χ2v) is 4.85. The maximum Gasteiger partial charge on any atom is 0.212 e. The number of rotatable bonds is 3. The number of pyridine rings is 1. The molecule has 0 saturated heterocycles. The molecule has 0 aliphatic heterocycles. The number of carbonyl (C=O) groups excluding carboxylic acids is 1. The first-order chi connectivity index (χ1) is 7.19. The fourth-order valence-electron chi connectivity index (χ4n) is 0.998. The van der Waals surface area contributed by atoms with E-state index < -0.39 is 10.7 Å². The zero-order valence-electron chi connectivity index (χ0n) is 7.92. The Kier molecular flexibility index (Phi) is 4.40. The van der Waals surface area contributed by atoms with E-state index in [0.29, 0.717) is 10.8 Å². The predicted molar refractivity (Wildman–Crippen MR) is 59.8 cm³/mol. The van der Waals surface area contributed by atoms with Crippen molar-refractivity contribution in [2.45, 2.75) is 12.2 Å². The molecule has 1 aromatic rings. The summed E-state index contributed by atoms with van der Waals surface area (Å²) in [6.45, 7) is 1.82. The van der Waals surface area contributed by atoms with Crippen molar-refractivity contribution in [3.05, 3.63) is 29.0 Å². The summed E-state index contributed by atoms with van der Waals surface area (Å²) in [4.78, 5) is 14.6. The fourth-order valence-corrected chi connectivity index (χ4v) is 1.99. The van der Waals surface area contributed by atoms with Gasteiger partial charge in [0.2, 0.25) is 6.19 Å². The second-order valence-electron chi connectivity index (χ2n) is 2.69. The third-order valence-corrected chi connectivity index (χ3v) is 3.54. The van der Waals surface area contributed by atoms with Crippen LogP contribution in [0.25, 0.3) is 0 Å². The Morgan fingerprint density at radius 3 is 2.93 bits per heavy atom. The predicted octanol–water partition coefficient (Wildman–Crippen LogP) is 2.27. The molecule has 0 radical (unpaired) electrons. The molecule has 0 aliphatic rings. The van der Waals surface area contributed by atoms with Crippen LogP contribution in [0.4, 0.5) is 0 Å². The highest BCUT2D eigenvalue weighted by Gasteiger charge is 2.11. The van der Waals surface area contributed by atoms with E-state index in [2.05, 4.69) is 9.35 Å². The van der Waals surface area contributed by atoms with Gasteiger partial charge in [-0.3, -0.25) is 4.79 Å². The molecular formula is C9H8ClN3OS. The van der Waals surface area contributed by atoms with Gasteiger partial charge in [0.1, 0.15) is 5.15 Å². The zero-order chi connectivity index (χ0) is 11.3. The highest BCUT2D eigenvalue weighted by Crippen LogP contribution is 2.20. The van der Waals surface area contributed by atoms with Gasteiger partial charge in [0, 0.05) is 11.4 Å². The normalized spacial score (nSPS) is 14.2. The summed E-state index contributed by atoms with van der Waals surface area (Å²) in [6.07, 6.45) is 3.23. The van der Waals surface area contributed by atoms with Gasteiger partial charge in [0.15, 0.2) is 5.62 Å². The van der Waals surface area contributed by atoms with E-state index in [-0.39, 0.29) is 5.25 Å². The third-order valence-electron chi connectivity index (χ3n) is 1.83. The summed E-state index contributed by atoms with van der Waals surface area (Å²) in [5.41, 5.74) is 1.52. The van der Waals surface area contributed by atoms with Gasteiger partial charge in [0.05, 0.1) is 0 Å². The van der Waals surface area contributed by atoms with Crippen molar-refractivity contribution in [3.8, 4) is 6.19 Å². The Labute approximate surface area is 95.0 Å². The molecule has 6 heteroatoms. The molecule has 1 rings (SSSR count). The van der Waals surface area contributed by atoms with Crippen LogP contribution in [-0.4, -0.2) is 10.6 Å². The molecule has 0 N–H and O–H groups in total. The topological polar surface area (TPSA) is 66.1 Å². The van der Waals surface area contributed by atoms with Crippen LogP contribution in [0.5, 0.6) is 0 Å². The van der Waals surface area contributed by atoms with Crippen LogP contribution in [0.1, 0.15) is 17.7 Å². The molecule has 1 aromatic heterocycles. The number of hydrogen-bond acceptors (Lipinski definition) is 4. The highest BCUT2D eigenvalue weighted by molar-refractivity contribution is 8.00. The molecule has 2 atom stereocenters. The molecule has 0 spiro atoms. The van der Waals surface area contributed by atoms with E-state index in [1.165, 1.54) is 0 Å². The van der Waals surface area contributed by atoms with Gasteiger partial charge in [0.25, 0.3) is 0 Å². The molecule has 0 bridgehead atoms. The van der Waals surface area contributed by atoms with E-state index in [4.69, 9.17) is 16.9 Å². The van der Waals surface area contributed by atoms with E-state index in [0.717, 1.165) is 5.56 Å². The summed E-state index contributed by atoms with van der Waals surface area (Å²) in [5.74, 6) is 0. The molecule has 0 aromatic carbocycles. The summed E-state index contributed by atoms with van der Waals surface area (Å²) >= 11 is 5.64. The first-order valence-corrected chi connectivity index (χ1v) is 5.76. The molecule has 15 heavy (non-hydrogen) atoms. The SMILES string of the molecule is C[C@@H](c1ccc(Cl)nc1)S(C=O)=NC#N. The van der Waals surface area contributed by atoms with Crippen molar-refractivity contribution in [1.29, 1.82) is 5.26 Å². The third kappa shape index (κ3) is 3.11. The summed E-state index contributed by atoms with van der Waals surface area (Å²) in [6, 6.07) is 3.42. The second kappa shape index (κ2) is 5.59. The number of aromatic nitrogens is 1. The zero-order valence-corrected chi connectivity index (χ0v) is 9.50. The Hall–Kier alpha value is -1.25. The van der Waals surface area contributed by atoms with Crippen LogP contribution in [0, 0.1) is 11.5 Å². The van der Waals surface area contributed by atoms with Crippen LogP contribution < -0.4 is 0 Å². The van der Waals surface area contributed by atoms with E-state index in [1.54, 1.807) is 24.5 Å². The lowest BCUT2D eigenvalue weighted by molar-refractivity contribution is 0.569. The van der Waals surface area contributed by atoms with Gasteiger partial charge in [-0.25, -0.2) is 4.98 Å². The van der Waals surface area contributed by atoms with Gasteiger partial charge >= 0.3 is 0 Å². The minimum Gasteiger partial charge on any atom is -0.290 e. The van der Waals surface area contributed by atoms with Crippen molar-refractivity contribution in [3.63, 3.8) is 0 Å². The summed E-state index contributed by atoms with van der Waals surface area (Å²) in [5, 5.41) is 8.65. The van der Waals surface area contributed by atoms with Gasteiger partial charge < -0.3 is 0 Å². The van der Waals surface area contributed by atoms with Gasteiger partial charge in [-0.1, -0.05) is 17.7 Å². The Morgan fingerprint density at radius 2 is 2.47 bits per heavy atom. The smallest absolute Gasteiger partial charge is 0.212 e. The molecule has 0 aliphatic carbocycles. The Morgan fingerprint density at radius 1 is 1.73 bits per heavy atom. The lowest BCUT2D eigenvalue weighted by Crippen LogP contribution is -2.03. The first-order valence-electron chi connectivity index (χ1n) is 4.07. The van der Waals surface area contributed by atoms with Crippen molar-refractivity contribution >= 4 is 27.9 Å². The average molecular weight is 242 g/mol. The van der Waals surface area contributed by atoms with Gasteiger partial charge in [-0.15, -0.1) is 4.36 Å². The molecule has 0 fully saturated rings. The van der Waals surface area contributed by atoms with Crippen LogP contribution >= 0.6 is 11.6 Å². The van der Waals surface area contributed by atoms with E-state index >= 15 is 0 Å². The molecule has 1 heterocycles. The van der Waals surface area contributed by atoms with Gasteiger partial charge in [-0.2, -0.15) is 5.26 Å². The monoisotopic (exact) mass is 241 g/mol. The molecule has 0 amide bonds. The molecule has 4 nitrogen and oxygen atoms in total. The number of hydrogen-bond donors (Lipinski definition) is 0. The highest BCUT2D eigenvalue weighted by atomic mass is 35.5. The molecule has 78 valence electrons.